The molecule has 0 radical (unpaired) electrons. The Morgan fingerprint density at radius 2 is 1.89 bits per heavy atom. The Labute approximate surface area is 223 Å². The minimum Gasteiger partial charge on any atom is -0.390 e. The molecule has 9 heteroatoms. The molecule has 0 fully saturated rings. The monoisotopic (exact) mass is 515 g/mol. The predicted octanol–water partition coefficient (Wildman–Crippen LogP) is 3.47. The molecular weight excluding hydrogens is 478 g/mol. The number of hydrogen-bond donors (Lipinski definition) is 3. The van der Waals surface area contributed by atoms with E-state index in [0.717, 1.165) is 45.8 Å². The highest BCUT2D eigenvalue weighted by Crippen LogP contribution is 2.27. The molecule has 38 heavy (non-hydrogen) atoms. The molecule has 1 unspecified atom stereocenters. The lowest BCUT2D eigenvalue weighted by molar-refractivity contribution is 0.0784. The number of rotatable bonds is 10. The van der Waals surface area contributed by atoms with Crippen molar-refractivity contribution in [2.24, 2.45) is 7.05 Å². The van der Waals surface area contributed by atoms with Crippen molar-refractivity contribution in [3.63, 3.8) is 0 Å². The average Bonchev–Trinajstić information content (AvgIpc) is 3.25. The third-order valence-electron chi connectivity index (χ3n) is 6.75. The van der Waals surface area contributed by atoms with E-state index in [9.17, 15) is 9.90 Å². The standard InChI is InChI=1S/C29H37N7O2/c1-7-28-32-14-20(36(28)6)17-35(5)29(38)23-13-27(34-25-9-8-18(2)12-22(23)25)26-11-10-24(19(3)33-26)31-16-21(37)15-30-4/h8-14,21,30-31,37H,7,15-17H2,1-6H3. The van der Waals surface area contributed by atoms with Gasteiger partial charge in [0.2, 0.25) is 0 Å². The van der Waals surface area contributed by atoms with E-state index in [1.54, 1.807) is 11.9 Å². The number of hydrogen-bond acceptors (Lipinski definition) is 7. The number of likely N-dealkylation sites (N-methyl/N-ethyl adjacent to an activating group) is 1. The highest BCUT2D eigenvalue weighted by atomic mass is 16.3. The van der Waals surface area contributed by atoms with Crippen LogP contribution in [0.15, 0.2) is 42.6 Å². The maximum atomic E-state index is 13.8. The van der Waals surface area contributed by atoms with Gasteiger partial charge in [0.1, 0.15) is 5.82 Å². The quantitative estimate of drug-likeness (QED) is 0.297. The first-order valence-corrected chi connectivity index (χ1v) is 12.9. The summed E-state index contributed by atoms with van der Waals surface area (Å²) in [6.07, 6.45) is 2.17. The van der Waals surface area contributed by atoms with E-state index in [1.807, 2.05) is 75.1 Å². The summed E-state index contributed by atoms with van der Waals surface area (Å²) in [4.78, 5) is 29.6. The second kappa shape index (κ2) is 11.7. The third kappa shape index (κ3) is 5.84. The van der Waals surface area contributed by atoms with Crippen molar-refractivity contribution in [3.8, 4) is 11.4 Å². The minimum atomic E-state index is -0.504. The van der Waals surface area contributed by atoms with Gasteiger partial charge in [0, 0.05) is 39.0 Å². The molecular formula is C29H37N7O2. The molecule has 3 heterocycles. The van der Waals surface area contributed by atoms with Gasteiger partial charge >= 0.3 is 0 Å². The second-order valence-corrected chi connectivity index (χ2v) is 9.74. The number of anilines is 1. The van der Waals surface area contributed by atoms with E-state index < -0.39 is 6.10 Å². The Bertz CT molecular complexity index is 1450. The van der Waals surface area contributed by atoms with Crippen molar-refractivity contribution in [2.45, 2.75) is 39.8 Å². The van der Waals surface area contributed by atoms with Gasteiger partial charge in [-0.1, -0.05) is 18.6 Å². The number of aryl methyl sites for hydroxylation is 3. The third-order valence-corrected chi connectivity index (χ3v) is 6.75. The van der Waals surface area contributed by atoms with Crippen LogP contribution in [0.4, 0.5) is 5.69 Å². The lowest BCUT2D eigenvalue weighted by atomic mass is 10.0. The van der Waals surface area contributed by atoms with Crippen molar-refractivity contribution in [1.29, 1.82) is 0 Å². The first-order valence-electron chi connectivity index (χ1n) is 12.9. The molecule has 0 bridgehead atoms. The topological polar surface area (TPSA) is 108 Å². The fourth-order valence-corrected chi connectivity index (χ4v) is 4.56. The molecule has 0 spiro atoms. The molecule has 1 atom stereocenters. The number of aliphatic hydroxyl groups is 1. The smallest absolute Gasteiger partial charge is 0.254 e. The van der Waals surface area contributed by atoms with Gasteiger partial charge in [0.15, 0.2) is 0 Å². The number of pyridine rings is 2. The molecule has 0 aliphatic carbocycles. The number of nitrogens with one attached hydrogen (secondary N) is 2. The summed E-state index contributed by atoms with van der Waals surface area (Å²) >= 11 is 0. The number of aliphatic hydroxyl groups excluding tert-OH is 1. The van der Waals surface area contributed by atoms with Crippen LogP contribution < -0.4 is 10.6 Å². The average molecular weight is 516 g/mol. The fourth-order valence-electron chi connectivity index (χ4n) is 4.56. The summed E-state index contributed by atoms with van der Waals surface area (Å²) in [5, 5.41) is 17.0. The van der Waals surface area contributed by atoms with Gasteiger partial charge < -0.3 is 25.2 Å². The first-order chi connectivity index (χ1) is 18.2. The summed E-state index contributed by atoms with van der Waals surface area (Å²) in [5.74, 6) is 0.904. The summed E-state index contributed by atoms with van der Waals surface area (Å²) in [6.45, 7) is 7.36. The minimum absolute atomic E-state index is 0.0861. The Kier molecular flexibility index (Phi) is 8.38. The van der Waals surface area contributed by atoms with Crippen molar-refractivity contribution < 1.29 is 9.90 Å². The Balaban J connectivity index is 1.67. The Morgan fingerprint density at radius 3 is 2.58 bits per heavy atom. The number of nitrogens with zero attached hydrogens (tertiary/aromatic N) is 5. The van der Waals surface area contributed by atoms with Gasteiger partial charge in [-0.25, -0.2) is 15.0 Å². The van der Waals surface area contributed by atoms with Crippen molar-refractivity contribution in [1.82, 2.24) is 29.7 Å². The van der Waals surface area contributed by atoms with E-state index >= 15 is 0 Å². The SMILES string of the molecule is CCc1ncc(CN(C)C(=O)c2cc(-c3ccc(NCC(O)CNC)c(C)n3)nc3ccc(C)cc23)n1C. The zero-order valence-electron chi connectivity index (χ0n) is 23.0. The lowest BCUT2D eigenvalue weighted by Gasteiger charge is -2.19. The number of imidazole rings is 1. The van der Waals surface area contributed by atoms with Gasteiger partial charge in [-0.3, -0.25) is 4.79 Å². The van der Waals surface area contributed by atoms with E-state index in [2.05, 4.69) is 22.5 Å². The van der Waals surface area contributed by atoms with Gasteiger partial charge in [0.25, 0.3) is 5.91 Å². The molecule has 200 valence electrons. The van der Waals surface area contributed by atoms with Gasteiger partial charge in [0.05, 0.1) is 58.4 Å². The lowest BCUT2D eigenvalue weighted by Crippen LogP contribution is -2.30. The van der Waals surface area contributed by atoms with Gasteiger partial charge in [-0.2, -0.15) is 0 Å². The van der Waals surface area contributed by atoms with Gasteiger partial charge in [-0.05, 0) is 51.2 Å². The predicted molar refractivity (Wildman–Crippen MR) is 151 cm³/mol. The van der Waals surface area contributed by atoms with Crippen LogP contribution in [0.5, 0.6) is 0 Å². The maximum absolute atomic E-state index is 13.8. The molecule has 4 aromatic rings. The summed E-state index contributed by atoms with van der Waals surface area (Å²) < 4.78 is 2.05. The molecule has 1 amide bonds. The molecule has 0 aliphatic rings. The van der Waals surface area contributed by atoms with Crippen LogP contribution >= 0.6 is 0 Å². The van der Waals surface area contributed by atoms with E-state index in [4.69, 9.17) is 9.97 Å². The zero-order valence-corrected chi connectivity index (χ0v) is 23.0. The summed E-state index contributed by atoms with van der Waals surface area (Å²) in [7, 11) is 5.60. The maximum Gasteiger partial charge on any atom is 0.254 e. The van der Waals surface area contributed by atoms with Crippen LogP contribution in [-0.4, -0.2) is 68.7 Å². The van der Waals surface area contributed by atoms with E-state index in [1.165, 1.54) is 0 Å². The van der Waals surface area contributed by atoms with Crippen LogP contribution in [0, 0.1) is 13.8 Å². The molecule has 0 saturated heterocycles. The number of carbonyl (C=O) groups is 1. The number of benzene rings is 1. The Hall–Kier alpha value is -3.82. The van der Waals surface area contributed by atoms with E-state index in [0.29, 0.717) is 36.6 Å². The largest absolute Gasteiger partial charge is 0.390 e. The van der Waals surface area contributed by atoms with Crippen molar-refractivity contribution in [2.75, 3.05) is 32.5 Å². The molecule has 3 aromatic heterocycles. The normalized spacial score (nSPS) is 12.1. The molecule has 4 rings (SSSR count). The molecule has 0 saturated carbocycles. The summed E-state index contributed by atoms with van der Waals surface area (Å²) in [6, 6.07) is 11.6. The molecule has 1 aromatic carbocycles. The first kappa shape index (κ1) is 27.2. The Morgan fingerprint density at radius 1 is 1.11 bits per heavy atom. The van der Waals surface area contributed by atoms with E-state index in [-0.39, 0.29) is 5.91 Å². The number of fused-ring (bicyclic) bond motifs is 1. The summed E-state index contributed by atoms with van der Waals surface area (Å²) in [5.41, 5.74) is 6.33. The highest BCUT2D eigenvalue weighted by Gasteiger charge is 2.20. The fraction of sp³-hybridized carbons (Fsp3) is 0.379. The zero-order chi connectivity index (χ0) is 27.4. The number of aromatic nitrogens is 4. The molecule has 3 N–H and O–H groups in total. The van der Waals surface area contributed by atoms with Crippen molar-refractivity contribution in [3.05, 3.63) is 70.9 Å². The van der Waals surface area contributed by atoms with Crippen LogP contribution in [-0.2, 0) is 20.0 Å². The van der Waals surface area contributed by atoms with Crippen LogP contribution in [0.25, 0.3) is 22.3 Å². The highest BCUT2D eigenvalue weighted by molar-refractivity contribution is 6.07. The van der Waals surface area contributed by atoms with Crippen LogP contribution in [0.3, 0.4) is 0 Å². The van der Waals surface area contributed by atoms with Gasteiger partial charge in [-0.15, -0.1) is 0 Å². The number of amides is 1. The molecule has 0 aliphatic heterocycles. The van der Waals surface area contributed by atoms with Crippen LogP contribution in [0.2, 0.25) is 0 Å². The number of carbonyl (C=O) groups excluding carboxylic acids is 1. The van der Waals surface area contributed by atoms with Crippen LogP contribution in [0.1, 0.15) is 40.1 Å². The molecule has 9 nitrogen and oxygen atoms in total. The van der Waals surface area contributed by atoms with Crippen molar-refractivity contribution >= 4 is 22.5 Å². The second-order valence-electron chi connectivity index (χ2n) is 9.74.